The molecule has 2 heterocycles. The van der Waals surface area contributed by atoms with Crippen molar-refractivity contribution >= 4 is 5.65 Å². The molecule has 0 unspecified atom stereocenters. The van der Waals surface area contributed by atoms with Crippen LogP contribution in [0.2, 0.25) is 0 Å². The second-order valence-electron chi connectivity index (χ2n) is 5.08. The molecule has 2 aromatic heterocycles. The van der Waals surface area contributed by atoms with Crippen molar-refractivity contribution in [2.24, 2.45) is 0 Å². The van der Waals surface area contributed by atoms with Crippen LogP contribution in [0.25, 0.3) is 28.2 Å². The summed E-state index contributed by atoms with van der Waals surface area (Å²) in [4.78, 5) is 15.6. The minimum absolute atomic E-state index is 0.144. The van der Waals surface area contributed by atoms with E-state index in [1.54, 1.807) is 6.07 Å². The predicted octanol–water partition coefficient (Wildman–Crippen LogP) is 3.36. The van der Waals surface area contributed by atoms with Crippen LogP contribution in [-0.4, -0.2) is 14.6 Å². The first-order chi connectivity index (χ1) is 10.8. The lowest BCUT2D eigenvalue weighted by Gasteiger charge is -2.01. The molecule has 0 saturated carbocycles. The van der Waals surface area contributed by atoms with E-state index in [1.165, 1.54) is 4.52 Å². The lowest BCUT2D eigenvalue weighted by molar-refractivity contribution is 0.904. The van der Waals surface area contributed by atoms with Crippen molar-refractivity contribution < 1.29 is 0 Å². The van der Waals surface area contributed by atoms with Gasteiger partial charge in [0.15, 0.2) is 0 Å². The largest absolute Gasteiger partial charge is 0.339 e. The zero-order valence-corrected chi connectivity index (χ0v) is 11.7. The molecule has 106 valence electrons. The minimum Gasteiger partial charge on any atom is -0.339 e. The fourth-order valence-corrected chi connectivity index (χ4v) is 2.52. The number of benzene rings is 2. The Morgan fingerprint density at radius 3 is 2.14 bits per heavy atom. The number of H-pyrrole nitrogens is 1. The quantitative estimate of drug-likeness (QED) is 0.614. The van der Waals surface area contributed by atoms with Crippen LogP contribution in [0.4, 0.5) is 0 Å². The third kappa shape index (κ3) is 2.11. The van der Waals surface area contributed by atoms with E-state index in [4.69, 9.17) is 0 Å². The molecule has 0 aliphatic carbocycles. The molecule has 2 aromatic carbocycles. The zero-order chi connectivity index (χ0) is 14.9. The summed E-state index contributed by atoms with van der Waals surface area (Å²) in [6.45, 7) is 0. The van der Waals surface area contributed by atoms with Crippen molar-refractivity contribution in [1.29, 1.82) is 0 Å². The van der Waals surface area contributed by atoms with E-state index < -0.39 is 0 Å². The van der Waals surface area contributed by atoms with Gasteiger partial charge in [-0.15, -0.1) is 0 Å². The van der Waals surface area contributed by atoms with Gasteiger partial charge in [-0.3, -0.25) is 4.79 Å². The van der Waals surface area contributed by atoms with Gasteiger partial charge in [0.1, 0.15) is 5.65 Å². The normalized spacial score (nSPS) is 10.9. The lowest BCUT2D eigenvalue weighted by atomic mass is 10.1. The van der Waals surface area contributed by atoms with Crippen LogP contribution in [0.5, 0.6) is 0 Å². The molecule has 0 atom stereocenters. The van der Waals surface area contributed by atoms with Crippen LogP contribution >= 0.6 is 0 Å². The second kappa shape index (κ2) is 5.00. The molecule has 22 heavy (non-hydrogen) atoms. The molecule has 0 radical (unpaired) electrons. The topological polar surface area (TPSA) is 50.2 Å². The minimum atomic E-state index is -0.144. The number of nitrogens with one attached hydrogen (secondary N) is 1. The average molecular weight is 287 g/mol. The number of aromatic amines is 1. The molecule has 1 N–H and O–H groups in total. The molecule has 4 rings (SSSR count). The highest BCUT2D eigenvalue weighted by molar-refractivity contribution is 5.66. The fourth-order valence-electron chi connectivity index (χ4n) is 2.52. The van der Waals surface area contributed by atoms with Gasteiger partial charge in [-0.25, -0.2) is 0 Å². The van der Waals surface area contributed by atoms with Gasteiger partial charge < -0.3 is 4.98 Å². The van der Waals surface area contributed by atoms with Crippen molar-refractivity contribution in [3.05, 3.63) is 83.2 Å². The number of fused-ring (bicyclic) bond motifs is 1. The Balaban J connectivity index is 1.91. The van der Waals surface area contributed by atoms with E-state index in [0.717, 1.165) is 22.5 Å². The third-order valence-electron chi connectivity index (χ3n) is 3.60. The van der Waals surface area contributed by atoms with Crippen LogP contribution in [0.3, 0.4) is 0 Å². The van der Waals surface area contributed by atoms with E-state index in [1.807, 2.05) is 66.7 Å². The van der Waals surface area contributed by atoms with Crippen molar-refractivity contribution in [2.75, 3.05) is 0 Å². The van der Waals surface area contributed by atoms with Crippen molar-refractivity contribution in [2.45, 2.75) is 0 Å². The van der Waals surface area contributed by atoms with E-state index in [2.05, 4.69) is 10.1 Å². The molecular formula is C18H13N3O. The molecule has 4 aromatic rings. The Morgan fingerprint density at radius 2 is 1.45 bits per heavy atom. The number of nitrogens with zero attached hydrogens (tertiary/aromatic N) is 2. The molecular weight excluding hydrogens is 274 g/mol. The summed E-state index contributed by atoms with van der Waals surface area (Å²) in [6.07, 6.45) is 0. The molecule has 0 aliphatic rings. The summed E-state index contributed by atoms with van der Waals surface area (Å²) in [5, 5.41) is 4.39. The highest BCUT2D eigenvalue weighted by Crippen LogP contribution is 2.20. The van der Waals surface area contributed by atoms with E-state index in [9.17, 15) is 4.79 Å². The van der Waals surface area contributed by atoms with Crippen molar-refractivity contribution in [1.82, 2.24) is 14.6 Å². The highest BCUT2D eigenvalue weighted by Gasteiger charge is 2.08. The predicted molar refractivity (Wildman–Crippen MR) is 86.7 cm³/mol. The van der Waals surface area contributed by atoms with Gasteiger partial charge in [-0.05, 0) is 5.56 Å². The first kappa shape index (κ1) is 12.6. The summed E-state index contributed by atoms with van der Waals surface area (Å²) < 4.78 is 1.40. The smallest absolute Gasteiger partial charge is 0.274 e. The number of hydrogen-bond donors (Lipinski definition) is 1. The van der Waals surface area contributed by atoms with Gasteiger partial charge in [0.25, 0.3) is 5.56 Å². The molecule has 0 bridgehead atoms. The molecule has 0 aliphatic heterocycles. The number of rotatable bonds is 2. The van der Waals surface area contributed by atoms with E-state index in [0.29, 0.717) is 5.65 Å². The van der Waals surface area contributed by atoms with Gasteiger partial charge in [-0.1, -0.05) is 60.7 Å². The summed E-state index contributed by atoms with van der Waals surface area (Å²) >= 11 is 0. The van der Waals surface area contributed by atoms with E-state index >= 15 is 0 Å². The molecule has 0 saturated heterocycles. The van der Waals surface area contributed by atoms with Gasteiger partial charge >= 0.3 is 0 Å². The van der Waals surface area contributed by atoms with Crippen LogP contribution < -0.4 is 5.56 Å². The maximum absolute atomic E-state index is 12.3. The third-order valence-corrected chi connectivity index (χ3v) is 3.60. The SMILES string of the molecule is O=c1cc(-c2ccccc2)[nH]c2cc(-c3ccccc3)nn12. The standard InChI is InChI=1S/C18H13N3O/c22-18-12-15(13-7-3-1-4-8-13)19-17-11-16(20-21(17)18)14-9-5-2-6-10-14/h1-12,19H. The first-order valence-electron chi connectivity index (χ1n) is 7.05. The van der Waals surface area contributed by atoms with Crippen LogP contribution in [0.15, 0.2) is 77.6 Å². The van der Waals surface area contributed by atoms with Gasteiger partial charge in [-0.2, -0.15) is 9.61 Å². The maximum Gasteiger partial charge on any atom is 0.274 e. The van der Waals surface area contributed by atoms with Crippen LogP contribution in [-0.2, 0) is 0 Å². The molecule has 4 heteroatoms. The second-order valence-corrected chi connectivity index (χ2v) is 5.08. The summed E-state index contributed by atoms with van der Waals surface area (Å²) in [5.41, 5.74) is 4.07. The Bertz CT molecular complexity index is 985. The van der Waals surface area contributed by atoms with Gasteiger partial charge in [0.2, 0.25) is 0 Å². The number of aromatic nitrogens is 3. The summed E-state index contributed by atoms with van der Waals surface area (Å²) in [5.74, 6) is 0. The Hall–Kier alpha value is -3.14. The number of hydrogen-bond acceptors (Lipinski definition) is 2. The van der Waals surface area contributed by atoms with Crippen molar-refractivity contribution in [3.8, 4) is 22.5 Å². The monoisotopic (exact) mass is 287 g/mol. The van der Waals surface area contributed by atoms with Crippen LogP contribution in [0.1, 0.15) is 0 Å². The zero-order valence-electron chi connectivity index (χ0n) is 11.7. The Kier molecular flexibility index (Phi) is 2.86. The van der Waals surface area contributed by atoms with Crippen LogP contribution in [0, 0.1) is 0 Å². The van der Waals surface area contributed by atoms with Gasteiger partial charge in [0, 0.05) is 17.7 Å². The molecule has 0 amide bonds. The Morgan fingerprint density at radius 1 is 0.818 bits per heavy atom. The first-order valence-corrected chi connectivity index (χ1v) is 7.05. The van der Waals surface area contributed by atoms with E-state index in [-0.39, 0.29) is 5.56 Å². The Labute approximate surface area is 126 Å². The molecule has 4 nitrogen and oxygen atoms in total. The maximum atomic E-state index is 12.3. The lowest BCUT2D eigenvalue weighted by Crippen LogP contribution is -2.14. The summed E-state index contributed by atoms with van der Waals surface area (Å²) in [7, 11) is 0. The van der Waals surface area contributed by atoms with Gasteiger partial charge in [0.05, 0.1) is 11.4 Å². The molecule has 0 spiro atoms. The highest BCUT2D eigenvalue weighted by atomic mass is 16.1. The molecule has 0 fully saturated rings. The summed E-state index contributed by atoms with van der Waals surface area (Å²) in [6, 6.07) is 23.1. The average Bonchev–Trinajstić information content (AvgIpc) is 3.01. The fraction of sp³-hybridized carbons (Fsp3) is 0. The van der Waals surface area contributed by atoms with Crippen molar-refractivity contribution in [3.63, 3.8) is 0 Å².